The van der Waals surface area contributed by atoms with E-state index in [4.69, 9.17) is 0 Å². The Hall–Kier alpha value is -1.46. The molecule has 2 aliphatic heterocycles. The summed E-state index contributed by atoms with van der Waals surface area (Å²) >= 11 is 0. The molecule has 0 aromatic carbocycles. The molecule has 0 radical (unpaired) electrons. The molecule has 0 spiro atoms. The molecular weight excluding hydrogens is 300 g/mol. The van der Waals surface area contributed by atoms with Crippen LogP contribution in [0, 0.1) is 5.92 Å². The first-order valence-corrected chi connectivity index (χ1v) is 9.25. The second-order valence-electron chi connectivity index (χ2n) is 7.62. The summed E-state index contributed by atoms with van der Waals surface area (Å²) in [7, 11) is 0. The number of hydrogen-bond acceptors (Lipinski definition) is 4. The predicted molar refractivity (Wildman–Crippen MR) is 95.5 cm³/mol. The van der Waals surface area contributed by atoms with Gasteiger partial charge in [-0.1, -0.05) is 13.0 Å². The third kappa shape index (κ3) is 4.14. The molecule has 0 bridgehead atoms. The predicted octanol–water partition coefficient (Wildman–Crippen LogP) is 1.94. The SMILES string of the molecule is C[C@@H]1CN(Cc2ccccn2)CC[C@H]1NC(=O)[C@@]1(C)CCCCN1. The highest BCUT2D eigenvalue weighted by atomic mass is 16.2. The number of piperidine rings is 2. The molecule has 0 saturated carbocycles. The number of carbonyl (C=O) groups is 1. The zero-order valence-corrected chi connectivity index (χ0v) is 14.9. The Kier molecular flexibility index (Phi) is 5.51. The lowest BCUT2D eigenvalue weighted by Crippen LogP contribution is -2.60. The van der Waals surface area contributed by atoms with Gasteiger partial charge in [-0.3, -0.25) is 14.7 Å². The lowest BCUT2D eigenvalue weighted by atomic mass is 9.88. The van der Waals surface area contributed by atoms with Crippen LogP contribution >= 0.6 is 0 Å². The Morgan fingerprint density at radius 3 is 3.00 bits per heavy atom. The average Bonchev–Trinajstić information content (AvgIpc) is 2.59. The van der Waals surface area contributed by atoms with E-state index in [0.29, 0.717) is 5.92 Å². The van der Waals surface area contributed by atoms with Gasteiger partial charge in [0.05, 0.1) is 11.2 Å². The summed E-state index contributed by atoms with van der Waals surface area (Å²) in [6, 6.07) is 6.34. The van der Waals surface area contributed by atoms with Gasteiger partial charge in [0.1, 0.15) is 0 Å². The number of aromatic nitrogens is 1. The van der Waals surface area contributed by atoms with Gasteiger partial charge < -0.3 is 10.6 Å². The van der Waals surface area contributed by atoms with Crippen LogP contribution in [-0.4, -0.2) is 47.0 Å². The van der Waals surface area contributed by atoms with Crippen molar-refractivity contribution < 1.29 is 4.79 Å². The molecule has 132 valence electrons. The molecular formula is C19H30N4O. The standard InChI is InChI=1S/C19H30N4O/c1-15-13-23(14-16-7-3-5-10-20-16)12-8-17(15)22-18(24)19(2)9-4-6-11-21-19/h3,5,7,10,15,17,21H,4,6,8-9,11-14H2,1-2H3,(H,22,24)/t15-,17-,19-/m1/s1. The average molecular weight is 330 g/mol. The number of amides is 1. The van der Waals surface area contributed by atoms with Crippen LogP contribution in [0.25, 0.3) is 0 Å². The topological polar surface area (TPSA) is 57.3 Å². The number of rotatable bonds is 4. The van der Waals surface area contributed by atoms with E-state index in [9.17, 15) is 4.79 Å². The van der Waals surface area contributed by atoms with Gasteiger partial charge in [0.25, 0.3) is 0 Å². The number of nitrogens with zero attached hydrogens (tertiary/aromatic N) is 2. The maximum Gasteiger partial charge on any atom is 0.240 e. The summed E-state index contributed by atoms with van der Waals surface area (Å²) in [6.45, 7) is 8.14. The summed E-state index contributed by atoms with van der Waals surface area (Å²) < 4.78 is 0. The summed E-state index contributed by atoms with van der Waals surface area (Å²) in [4.78, 5) is 19.6. The molecule has 2 N–H and O–H groups in total. The Bertz CT molecular complexity index is 542. The van der Waals surface area contributed by atoms with Crippen LogP contribution in [0.1, 0.15) is 45.2 Å². The monoisotopic (exact) mass is 330 g/mol. The first-order chi connectivity index (χ1) is 11.6. The van der Waals surface area contributed by atoms with Crippen LogP contribution in [0.15, 0.2) is 24.4 Å². The molecule has 5 heteroatoms. The number of hydrogen-bond donors (Lipinski definition) is 2. The summed E-state index contributed by atoms with van der Waals surface area (Å²) in [5.74, 6) is 0.635. The van der Waals surface area contributed by atoms with E-state index in [2.05, 4.69) is 33.5 Å². The maximum absolute atomic E-state index is 12.7. The van der Waals surface area contributed by atoms with Crippen LogP contribution in [0.2, 0.25) is 0 Å². The van der Waals surface area contributed by atoms with E-state index in [1.807, 2.05) is 25.3 Å². The highest BCUT2D eigenvalue weighted by molar-refractivity contribution is 5.86. The Morgan fingerprint density at radius 1 is 1.46 bits per heavy atom. The summed E-state index contributed by atoms with van der Waals surface area (Å²) in [6.07, 6.45) is 6.10. The van der Waals surface area contributed by atoms with Crippen molar-refractivity contribution in [1.82, 2.24) is 20.5 Å². The van der Waals surface area contributed by atoms with Crippen LogP contribution in [-0.2, 0) is 11.3 Å². The van der Waals surface area contributed by atoms with Crippen molar-refractivity contribution in [3.05, 3.63) is 30.1 Å². The summed E-state index contributed by atoms with van der Waals surface area (Å²) in [5.41, 5.74) is 0.731. The smallest absolute Gasteiger partial charge is 0.240 e. The van der Waals surface area contributed by atoms with Crippen molar-refractivity contribution >= 4 is 5.91 Å². The van der Waals surface area contributed by atoms with Gasteiger partial charge in [-0.2, -0.15) is 0 Å². The fourth-order valence-electron chi connectivity index (χ4n) is 3.89. The second-order valence-corrected chi connectivity index (χ2v) is 7.62. The highest BCUT2D eigenvalue weighted by Gasteiger charge is 2.37. The van der Waals surface area contributed by atoms with Gasteiger partial charge in [-0.05, 0) is 57.2 Å². The Balaban J connectivity index is 1.51. The first-order valence-electron chi connectivity index (χ1n) is 9.25. The molecule has 2 fully saturated rings. The number of likely N-dealkylation sites (tertiary alicyclic amines) is 1. The van der Waals surface area contributed by atoms with Crippen molar-refractivity contribution in [2.75, 3.05) is 19.6 Å². The minimum absolute atomic E-state index is 0.178. The highest BCUT2D eigenvalue weighted by Crippen LogP contribution is 2.22. The molecule has 0 unspecified atom stereocenters. The van der Waals surface area contributed by atoms with Crippen LogP contribution in [0.3, 0.4) is 0 Å². The van der Waals surface area contributed by atoms with E-state index in [0.717, 1.165) is 51.1 Å². The molecule has 0 aliphatic carbocycles. The van der Waals surface area contributed by atoms with Crippen molar-refractivity contribution in [3.8, 4) is 0 Å². The van der Waals surface area contributed by atoms with Gasteiger partial charge in [-0.15, -0.1) is 0 Å². The van der Waals surface area contributed by atoms with E-state index in [1.165, 1.54) is 6.42 Å². The van der Waals surface area contributed by atoms with Gasteiger partial charge in [-0.25, -0.2) is 0 Å². The largest absolute Gasteiger partial charge is 0.351 e. The van der Waals surface area contributed by atoms with Gasteiger partial charge in [0.2, 0.25) is 5.91 Å². The van der Waals surface area contributed by atoms with Crippen molar-refractivity contribution in [1.29, 1.82) is 0 Å². The van der Waals surface area contributed by atoms with Crippen LogP contribution < -0.4 is 10.6 Å². The number of nitrogens with one attached hydrogen (secondary N) is 2. The molecule has 24 heavy (non-hydrogen) atoms. The zero-order chi connectivity index (χ0) is 17.0. The molecule has 3 heterocycles. The fourth-order valence-corrected chi connectivity index (χ4v) is 3.89. The lowest BCUT2D eigenvalue weighted by Gasteiger charge is -2.40. The maximum atomic E-state index is 12.7. The second kappa shape index (κ2) is 7.62. The normalized spacial score (nSPS) is 31.6. The summed E-state index contributed by atoms with van der Waals surface area (Å²) in [5, 5.41) is 6.73. The van der Waals surface area contributed by atoms with Crippen molar-refractivity contribution in [3.63, 3.8) is 0 Å². The molecule has 1 amide bonds. The van der Waals surface area contributed by atoms with Crippen molar-refractivity contribution in [2.45, 2.75) is 57.7 Å². The van der Waals surface area contributed by atoms with E-state index in [-0.39, 0.29) is 17.5 Å². The third-order valence-corrected chi connectivity index (χ3v) is 5.54. The minimum Gasteiger partial charge on any atom is -0.351 e. The molecule has 2 saturated heterocycles. The first kappa shape index (κ1) is 17.4. The van der Waals surface area contributed by atoms with Crippen molar-refractivity contribution in [2.24, 2.45) is 5.92 Å². The van der Waals surface area contributed by atoms with E-state index >= 15 is 0 Å². The minimum atomic E-state index is -0.386. The number of pyridine rings is 1. The Morgan fingerprint density at radius 2 is 2.33 bits per heavy atom. The Labute approximate surface area is 145 Å². The van der Waals surface area contributed by atoms with E-state index < -0.39 is 0 Å². The quantitative estimate of drug-likeness (QED) is 0.886. The molecule has 3 atom stereocenters. The van der Waals surface area contributed by atoms with Gasteiger partial charge in [0, 0.05) is 31.9 Å². The number of carbonyl (C=O) groups excluding carboxylic acids is 1. The molecule has 1 aromatic heterocycles. The van der Waals surface area contributed by atoms with Crippen LogP contribution in [0.4, 0.5) is 0 Å². The van der Waals surface area contributed by atoms with Gasteiger partial charge >= 0.3 is 0 Å². The molecule has 3 rings (SSSR count). The van der Waals surface area contributed by atoms with Crippen LogP contribution in [0.5, 0.6) is 0 Å². The molecule has 2 aliphatic rings. The molecule has 5 nitrogen and oxygen atoms in total. The lowest BCUT2D eigenvalue weighted by molar-refractivity contribution is -0.129. The van der Waals surface area contributed by atoms with Gasteiger partial charge in [0.15, 0.2) is 0 Å². The zero-order valence-electron chi connectivity index (χ0n) is 14.9. The third-order valence-electron chi connectivity index (χ3n) is 5.54. The molecule has 1 aromatic rings. The van der Waals surface area contributed by atoms with E-state index in [1.54, 1.807) is 0 Å². The fraction of sp³-hybridized carbons (Fsp3) is 0.684.